The van der Waals surface area contributed by atoms with E-state index in [0.29, 0.717) is 10.9 Å². The van der Waals surface area contributed by atoms with Gasteiger partial charge in [0.2, 0.25) is 5.91 Å². The van der Waals surface area contributed by atoms with Crippen LogP contribution in [0.1, 0.15) is 17.0 Å². The highest BCUT2D eigenvalue weighted by atomic mass is 32.1. The first-order valence-corrected chi connectivity index (χ1v) is 8.04. The fourth-order valence-corrected chi connectivity index (χ4v) is 3.42. The molecule has 0 atom stereocenters. The molecule has 1 amide bonds. The number of thiazole rings is 1. The van der Waals surface area contributed by atoms with Crippen LogP contribution in [0.2, 0.25) is 0 Å². The zero-order chi connectivity index (χ0) is 16.6. The summed E-state index contributed by atoms with van der Waals surface area (Å²) in [5, 5.41) is 7.71. The Morgan fingerprint density at radius 2 is 2.13 bits per heavy atom. The van der Waals surface area contributed by atoms with E-state index in [0.717, 1.165) is 27.2 Å². The van der Waals surface area contributed by atoms with Gasteiger partial charge in [-0.25, -0.2) is 4.98 Å². The molecule has 0 bridgehead atoms. The minimum Gasteiger partial charge on any atom is -0.494 e. The molecule has 0 saturated heterocycles. The maximum absolute atomic E-state index is 12.2. The van der Waals surface area contributed by atoms with Crippen LogP contribution >= 0.6 is 11.3 Å². The zero-order valence-corrected chi connectivity index (χ0v) is 14.3. The number of nitrogens with zero attached hydrogens (tertiary/aromatic N) is 3. The van der Waals surface area contributed by atoms with Crippen molar-refractivity contribution in [2.75, 3.05) is 12.4 Å². The third kappa shape index (κ3) is 3.05. The number of methoxy groups -OCH3 is 1. The fraction of sp³-hybridized carbons (Fsp3) is 0.312. The quantitative estimate of drug-likeness (QED) is 0.798. The number of hydrogen-bond donors (Lipinski definition) is 1. The van der Waals surface area contributed by atoms with Crippen LogP contribution in [0.15, 0.2) is 18.2 Å². The molecule has 0 saturated carbocycles. The maximum atomic E-state index is 12.2. The van der Waals surface area contributed by atoms with Crippen molar-refractivity contribution in [3.05, 3.63) is 35.2 Å². The third-order valence-corrected chi connectivity index (χ3v) is 4.67. The number of aromatic nitrogens is 3. The fourth-order valence-electron chi connectivity index (χ4n) is 2.46. The number of benzene rings is 1. The summed E-state index contributed by atoms with van der Waals surface area (Å²) in [6, 6.07) is 5.82. The number of aryl methyl sites for hydroxylation is 3. The lowest BCUT2D eigenvalue weighted by atomic mass is 10.2. The lowest BCUT2D eigenvalue weighted by molar-refractivity contribution is -0.116. The number of rotatable bonds is 4. The Bertz CT molecular complexity index is 882. The van der Waals surface area contributed by atoms with Crippen molar-refractivity contribution in [2.45, 2.75) is 27.3 Å². The summed E-state index contributed by atoms with van der Waals surface area (Å²) in [5.74, 6) is 0.563. The van der Waals surface area contributed by atoms with E-state index < -0.39 is 0 Å². The van der Waals surface area contributed by atoms with Crippen molar-refractivity contribution in [2.24, 2.45) is 0 Å². The molecule has 0 fully saturated rings. The van der Waals surface area contributed by atoms with Crippen LogP contribution in [0.25, 0.3) is 10.2 Å². The van der Waals surface area contributed by atoms with E-state index in [1.165, 1.54) is 11.3 Å². The van der Waals surface area contributed by atoms with Crippen LogP contribution in [-0.4, -0.2) is 27.8 Å². The highest BCUT2D eigenvalue weighted by Crippen LogP contribution is 2.34. The number of anilines is 1. The van der Waals surface area contributed by atoms with Crippen molar-refractivity contribution in [1.29, 1.82) is 0 Å². The molecular weight excluding hydrogens is 312 g/mol. The molecule has 0 unspecified atom stereocenters. The molecule has 3 aromatic rings. The average Bonchev–Trinajstić information content (AvgIpc) is 3.03. The van der Waals surface area contributed by atoms with Gasteiger partial charge in [-0.15, -0.1) is 0 Å². The number of carbonyl (C=O) groups is 1. The van der Waals surface area contributed by atoms with Crippen LogP contribution in [-0.2, 0) is 11.3 Å². The van der Waals surface area contributed by atoms with Gasteiger partial charge in [0.1, 0.15) is 17.8 Å². The molecule has 0 aliphatic rings. The van der Waals surface area contributed by atoms with Crippen molar-refractivity contribution < 1.29 is 9.53 Å². The minimum absolute atomic E-state index is 0.146. The van der Waals surface area contributed by atoms with Crippen LogP contribution < -0.4 is 10.1 Å². The number of ether oxygens (including phenoxy) is 1. The molecule has 0 aliphatic heterocycles. The van der Waals surface area contributed by atoms with Gasteiger partial charge in [0.15, 0.2) is 5.13 Å². The Hall–Kier alpha value is -2.41. The van der Waals surface area contributed by atoms with Crippen LogP contribution in [0.4, 0.5) is 5.13 Å². The summed E-state index contributed by atoms with van der Waals surface area (Å²) >= 11 is 1.45. The summed E-state index contributed by atoms with van der Waals surface area (Å²) in [4.78, 5) is 16.7. The summed E-state index contributed by atoms with van der Waals surface area (Å²) in [7, 11) is 1.62. The van der Waals surface area contributed by atoms with Gasteiger partial charge in [-0.2, -0.15) is 5.10 Å². The predicted octanol–water partition coefficient (Wildman–Crippen LogP) is 3.07. The summed E-state index contributed by atoms with van der Waals surface area (Å²) in [5.41, 5.74) is 3.74. The van der Waals surface area contributed by atoms with Gasteiger partial charge in [0.25, 0.3) is 0 Å². The van der Waals surface area contributed by atoms with E-state index in [-0.39, 0.29) is 12.5 Å². The zero-order valence-electron chi connectivity index (χ0n) is 13.5. The van der Waals surface area contributed by atoms with Crippen LogP contribution in [0, 0.1) is 20.8 Å². The molecule has 3 rings (SSSR count). The van der Waals surface area contributed by atoms with Crippen molar-refractivity contribution in [3.63, 3.8) is 0 Å². The molecule has 0 spiro atoms. The van der Waals surface area contributed by atoms with E-state index in [2.05, 4.69) is 15.4 Å². The van der Waals surface area contributed by atoms with Gasteiger partial charge in [-0.05, 0) is 38.5 Å². The van der Waals surface area contributed by atoms with E-state index in [1.54, 1.807) is 11.8 Å². The van der Waals surface area contributed by atoms with Gasteiger partial charge in [0.05, 0.1) is 17.5 Å². The lowest BCUT2D eigenvalue weighted by Gasteiger charge is -2.03. The van der Waals surface area contributed by atoms with Gasteiger partial charge in [-0.1, -0.05) is 17.4 Å². The number of hydrogen-bond acceptors (Lipinski definition) is 5. The lowest BCUT2D eigenvalue weighted by Crippen LogP contribution is -2.20. The highest BCUT2D eigenvalue weighted by Gasteiger charge is 2.14. The van der Waals surface area contributed by atoms with Crippen molar-refractivity contribution >= 4 is 32.6 Å². The first kappa shape index (κ1) is 15.5. The third-order valence-electron chi connectivity index (χ3n) is 3.57. The number of carbonyl (C=O) groups excluding carboxylic acids is 1. The first-order valence-electron chi connectivity index (χ1n) is 7.23. The molecule has 120 valence electrons. The Kier molecular flexibility index (Phi) is 4.04. The van der Waals surface area contributed by atoms with Crippen LogP contribution in [0.3, 0.4) is 0 Å². The Morgan fingerprint density at radius 1 is 1.35 bits per heavy atom. The summed E-state index contributed by atoms with van der Waals surface area (Å²) < 4.78 is 8.04. The molecule has 2 heterocycles. The Labute approximate surface area is 138 Å². The normalized spacial score (nSPS) is 11.0. The largest absolute Gasteiger partial charge is 0.494 e. The van der Waals surface area contributed by atoms with Gasteiger partial charge in [-0.3, -0.25) is 9.48 Å². The summed E-state index contributed by atoms with van der Waals surface area (Å²) in [6.07, 6.45) is 0. The molecule has 0 aliphatic carbocycles. The Balaban J connectivity index is 1.82. The van der Waals surface area contributed by atoms with Gasteiger partial charge < -0.3 is 10.1 Å². The van der Waals surface area contributed by atoms with Crippen molar-refractivity contribution in [1.82, 2.24) is 14.8 Å². The second-order valence-corrected chi connectivity index (χ2v) is 6.41. The van der Waals surface area contributed by atoms with Gasteiger partial charge >= 0.3 is 0 Å². The molecule has 0 radical (unpaired) electrons. The standard InChI is InChI=1S/C16H18N4O2S/c1-9-5-6-12(22-4)14-15(9)23-16(18-14)17-13(21)8-20-11(3)7-10(2)19-20/h5-7H,8H2,1-4H3,(H,17,18,21). The predicted molar refractivity (Wildman–Crippen MR) is 91.2 cm³/mol. The SMILES string of the molecule is COc1ccc(C)c2sc(NC(=O)Cn3nc(C)cc3C)nc12. The van der Waals surface area contributed by atoms with Crippen molar-refractivity contribution in [3.8, 4) is 5.75 Å². The average molecular weight is 330 g/mol. The smallest absolute Gasteiger partial charge is 0.247 e. The van der Waals surface area contributed by atoms with E-state index in [9.17, 15) is 4.79 Å². The minimum atomic E-state index is -0.146. The molecule has 23 heavy (non-hydrogen) atoms. The Morgan fingerprint density at radius 3 is 2.78 bits per heavy atom. The van der Waals surface area contributed by atoms with E-state index >= 15 is 0 Å². The number of amides is 1. The summed E-state index contributed by atoms with van der Waals surface area (Å²) in [6.45, 7) is 6.02. The van der Waals surface area contributed by atoms with E-state index in [4.69, 9.17) is 4.74 Å². The number of nitrogens with one attached hydrogen (secondary N) is 1. The molecular formula is C16H18N4O2S. The topological polar surface area (TPSA) is 69.0 Å². The second-order valence-electron chi connectivity index (χ2n) is 5.41. The molecule has 1 aromatic carbocycles. The maximum Gasteiger partial charge on any atom is 0.247 e. The number of fused-ring (bicyclic) bond motifs is 1. The molecule has 2 aromatic heterocycles. The highest BCUT2D eigenvalue weighted by molar-refractivity contribution is 7.22. The monoisotopic (exact) mass is 330 g/mol. The van der Waals surface area contributed by atoms with E-state index in [1.807, 2.05) is 39.0 Å². The van der Waals surface area contributed by atoms with Gasteiger partial charge in [0, 0.05) is 5.69 Å². The molecule has 1 N–H and O–H groups in total. The second kappa shape index (κ2) is 6.00. The molecule has 6 nitrogen and oxygen atoms in total. The van der Waals surface area contributed by atoms with Crippen LogP contribution in [0.5, 0.6) is 5.75 Å². The molecule has 7 heteroatoms. The first-order chi connectivity index (χ1) is 11.0.